The summed E-state index contributed by atoms with van der Waals surface area (Å²) in [6.07, 6.45) is -0.286. The van der Waals surface area contributed by atoms with Gasteiger partial charge >= 0.3 is 6.09 Å². The highest BCUT2D eigenvalue weighted by molar-refractivity contribution is 9.11. The number of rotatable bonds is 1. The van der Waals surface area contributed by atoms with Gasteiger partial charge in [-0.2, -0.15) is 4.98 Å². The van der Waals surface area contributed by atoms with E-state index in [0.717, 1.165) is 14.3 Å². The van der Waals surface area contributed by atoms with Crippen molar-refractivity contribution in [1.82, 2.24) is 19.9 Å². The van der Waals surface area contributed by atoms with Crippen LogP contribution in [0.25, 0.3) is 10.3 Å². The molecule has 130 valence electrons. The number of amides is 1. The van der Waals surface area contributed by atoms with Crippen LogP contribution in [0.15, 0.2) is 3.92 Å². The fourth-order valence-corrected chi connectivity index (χ4v) is 3.75. The molecule has 1 aliphatic heterocycles. The Morgan fingerprint density at radius 3 is 2.50 bits per heavy atom. The minimum absolute atomic E-state index is 0.225. The summed E-state index contributed by atoms with van der Waals surface area (Å²) in [4.78, 5) is 29.7. The molecule has 0 unspecified atom stereocenters. The summed E-state index contributed by atoms with van der Waals surface area (Å²) in [5, 5.41) is 0. The normalized spacial score (nSPS) is 15.8. The molecule has 0 saturated carbocycles. The summed E-state index contributed by atoms with van der Waals surface area (Å²) < 4.78 is 6.16. The first-order valence-electron chi connectivity index (χ1n) is 7.55. The quantitative estimate of drug-likeness (QED) is 0.764. The molecule has 0 aromatic carbocycles. The van der Waals surface area contributed by atoms with E-state index in [4.69, 9.17) is 10.5 Å². The molecule has 10 heteroatoms. The second kappa shape index (κ2) is 6.32. The van der Waals surface area contributed by atoms with E-state index < -0.39 is 5.60 Å². The Balaban J connectivity index is 1.74. The molecule has 2 aromatic heterocycles. The molecular weight excluding hydrogens is 396 g/mol. The van der Waals surface area contributed by atoms with E-state index in [0.29, 0.717) is 32.0 Å². The van der Waals surface area contributed by atoms with Gasteiger partial charge in [0, 0.05) is 26.2 Å². The summed E-state index contributed by atoms with van der Waals surface area (Å²) in [7, 11) is 0. The average Bonchev–Trinajstić information content (AvgIpc) is 2.84. The molecule has 2 N–H and O–H groups in total. The highest BCUT2D eigenvalue weighted by Gasteiger charge is 2.27. The van der Waals surface area contributed by atoms with Gasteiger partial charge in [-0.15, -0.1) is 0 Å². The summed E-state index contributed by atoms with van der Waals surface area (Å²) in [6, 6.07) is 0. The van der Waals surface area contributed by atoms with Gasteiger partial charge in [-0.25, -0.2) is 14.8 Å². The number of carbonyl (C=O) groups is 1. The van der Waals surface area contributed by atoms with Crippen molar-refractivity contribution in [3.63, 3.8) is 0 Å². The van der Waals surface area contributed by atoms with E-state index in [1.54, 1.807) is 4.90 Å². The fourth-order valence-electron chi connectivity index (χ4n) is 2.45. The number of carbonyl (C=O) groups excluding carboxylic acids is 1. The molecule has 8 nitrogen and oxygen atoms in total. The van der Waals surface area contributed by atoms with Crippen molar-refractivity contribution in [1.29, 1.82) is 0 Å². The molecule has 1 saturated heterocycles. The first kappa shape index (κ1) is 17.2. The Bertz CT molecular complexity index is 766. The molecule has 0 aliphatic carbocycles. The number of fused-ring (bicyclic) bond motifs is 1. The van der Waals surface area contributed by atoms with Gasteiger partial charge in [0.15, 0.2) is 14.6 Å². The summed E-state index contributed by atoms with van der Waals surface area (Å²) in [5.41, 5.74) is 6.05. The molecule has 1 aliphatic rings. The number of nitrogens with zero attached hydrogens (tertiary/aromatic N) is 5. The zero-order valence-electron chi connectivity index (χ0n) is 13.7. The molecule has 3 rings (SSSR count). The maximum absolute atomic E-state index is 12.1. The monoisotopic (exact) mass is 414 g/mol. The van der Waals surface area contributed by atoms with E-state index in [2.05, 4.69) is 35.8 Å². The largest absolute Gasteiger partial charge is 0.444 e. The lowest BCUT2D eigenvalue weighted by molar-refractivity contribution is 0.0240. The third-order valence-corrected chi connectivity index (χ3v) is 4.86. The highest BCUT2D eigenvalue weighted by atomic mass is 79.9. The van der Waals surface area contributed by atoms with Crippen molar-refractivity contribution in [2.24, 2.45) is 0 Å². The topological polar surface area (TPSA) is 97.5 Å². The first-order valence-corrected chi connectivity index (χ1v) is 9.16. The third kappa shape index (κ3) is 3.69. The maximum Gasteiger partial charge on any atom is 0.410 e. The van der Waals surface area contributed by atoms with Crippen LogP contribution in [0.3, 0.4) is 0 Å². The zero-order chi connectivity index (χ0) is 17.5. The Labute approximate surface area is 152 Å². The van der Waals surface area contributed by atoms with E-state index in [1.165, 1.54) is 11.3 Å². The SMILES string of the molecule is CC(C)(C)OC(=O)N1CCN(c2nc(N)nc3sc(Br)nc23)CC1. The predicted molar refractivity (Wildman–Crippen MR) is 97.3 cm³/mol. The number of ether oxygens (including phenoxy) is 1. The highest BCUT2D eigenvalue weighted by Crippen LogP contribution is 2.31. The van der Waals surface area contributed by atoms with Crippen molar-refractivity contribution < 1.29 is 9.53 Å². The first-order chi connectivity index (χ1) is 11.2. The van der Waals surface area contributed by atoms with Crippen LogP contribution in [0, 0.1) is 0 Å². The second-order valence-corrected chi connectivity index (χ2v) is 8.73. The number of nitrogen functional groups attached to an aromatic ring is 1. The number of aromatic nitrogens is 3. The van der Waals surface area contributed by atoms with Gasteiger partial charge in [-0.05, 0) is 36.7 Å². The predicted octanol–water partition coefficient (Wildman–Crippen LogP) is 2.49. The van der Waals surface area contributed by atoms with Crippen LogP contribution in [0.4, 0.5) is 16.6 Å². The lowest BCUT2D eigenvalue weighted by Crippen LogP contribution is -2.50. The van der Waals surface area contributed by atoms with Crippen LogP contribution in [0.1, 0.15) is 20.8 Å². The van der Waals surface area contributed by atoms with Crippen molar-refractivity contribution >= 4 is 55.5 Å². The van der Waals surface area contributed by atoms with Gasteiger partial charge in [-0.1, -0.05) is 11.3 Å². The zero-order valence-corrected chi connectivity index (χ0v) is 16.1. The lowest BCUT2D eigenvalue weighted by atomic mass is 10.2. The molecule has 1 amide bonds. The van der Waals surface area contributed by atoms with E-state index in [1.807, 2.05) is 20.8 Å². The van der Waals surface area contributed by atoms with E-state index in [9.17, 15) is 4.79 Å². The Morgan fingerprint density at radius 2 is 1.88 bits per heavy atom. The lowest BCUT2D eigenvalue weighted by Gasteiger charge is -2.36. The Kier molecular flexibility index (Phi) is 4.52. The smallest absolute Gasteiger partial charge is 0.410 e. The van der Waals surface area contributed by atoms with Crippen LogP contribution < -0.4 is 10.6 Å². The fraction of sp³-hybridized carbons (Fsp3) is 0.571. The molecule has 0 spiro atoms. The van der Waals surface area contributed by atoms with E-state index in [-0.39, 0.29) is 12.0 Å². The number of anilines is 2. The molecule has 3 heterocycles. The number of hydrogen-bond donors (Lipinski definition) is 1. The summed E-state index contributed by atoms with van der Waals surface area (Å²) in [6.45, 7) is 7.99. The van der Waals surface area contributed by atoms with Crippen LogP contribution >= 0.6 is 27.3 Å². The standard InChI is InChI=1S/C14H19BrN6O2S/c1-14(2,3)23-13(22)21-6-4-20(5-7-21)9-8-10(19-12(16)18-9)24-11(15)17-8/h4-7H2,1-3H3,(H2,16,18,19). The number of hydrogen-bond acceptors (Lipinski definition) is 8. The number of thiazole rings is 1. The third-order valence-electron chi connectivity index (χ3n) is 3.46. The summed E-state index contributed by atoms with van der Waals surface area (Å²) >= 11 is 4.79. The second-order valence-electron chi connectivity index (χ2n) is 6.48. The van der Waals surface area contributed by atoms with E-state index >= 15 is 0 Å². The number of halogens is 1. The van der Waals surface area contributed by atoms with Crippen molar-refractivity contribution in [2.45, 2.75) is 26.4 Å². The summed E-state index contributed by atoms with van der Waals surface area (Å²) in [5.74, 6) is 0.937. The van der Waals surface area contributed by atoms with Gasteiger partial charge in [0.1, 0.15) is 11.1 Å². The Hall–Kier alpha value is -1.68. The van der Waals surface area contributed by atoms with Crippen LogP contribution in [-0.2, 0) is 4.74 Å². The molecule has 0 radical (unpaired) electrons. The minimum Gasteiger partial charge on any atom is -0.444 e. The average molecular weight is 415 g/mol. The van der Waals surface area contributed by atoms with Crippen molar-refractivity contribution in [3.05, 3.63) is 3.92 Å². The van der Waals surface area contributed by atoms with Gasteiger partial charge < -0.3 is 20.3 Å². The van der Waals surface area contributed by atoms with Gasteiger partial charge in [0.25, 0.3) is 0 Å². The molecule has 0 bridgehead atoms. The van der Waals surface area contributed by atoms with Crippen LogP contribution in [-0.4, -0.2) is 57.7 Å². The number of nitrogens with two attached hydrogens (primary N) is 1. The van der Waals surface area contributed by atoms with Gasteiger partial charge in [0.05, 0.1) is 0 Å². The Morgan fingerprint density at radius 1 is 1.21 bits per heavy atom. The van der Waals surface area contributed by atoms with Gasteiger partial charge in [-0.3, -0.25) is 0 Å². The maximum atomic E-state index is 12.1. The molecule has 2 aromatic rings. The van der Waals surface area contributed by atoms with Crippen LogP contribution in [0.2, 0.25) is 0 Å². The number of piperazine rings is 1. The van der Waals surface area contributed by atoms with Crippen molar-refractivity contribution in [2.75, 3.05) is 36.8 Å². The van der Waals surface area contributed by atoms with Crippen molar-refractivity contribution in [3.8, 4) is 0 Å². The molecular formula is C14H19BrN6O2S. The van der Waals surface area contributed by atoms with Gasteiger partial charge in [0.2, 0.25) is 5.95 Å². The molecule has 24 heavy (non-hydrogen) atoms. The van der Waals surface area contributed by atoms with Crippen LogP contribution in [0.5, 0.6) is 0 Å². The minimum atomic E-state index is -0.492. The molecule has 1 fully saturated rings. The molecule has 0 atom stereocenters.